The van der Waals surface area contributed by atoms with Gasteiger partial charge in [0.05, 0.1) is 5.56 Å². The fraction of sp³-hybridized carbons (Fsp3) is 0.200. The van der Waals surface area contributed by atoms with E-state index in [1.807, 2.05) is 55.2 Å². The van der Waals surface area contributed by atoms with Gasteiger partial charge in [-0.25, -0.2) is 9.37 Å². The van der Waals surface area contributed by atoms with E-state index in [0.29, 0.717) is 22.7 Å². The fourth-order valence-electron chi connectivity index (χ4n) is 2.57. The molecular formula is C20H21FN4O. The summed E-state index contributed by atoms with van der Waals surface area (Å²) >= 11 is 0. The highest BCUT2D eigenvalue weighted by molar-refractivity contribution is 6.02. The van der Waals surface area contributed by atoms with E-state index in [4.69, 9.17) is 4.74 Å². The first-order valence-electron chi connectivity index (χ1n) is 8.26. The highest BCUT2D eigenvalue weighted by Gasteiger charge is 2.14. The highest BCUT2D eigenvalue weighted by atomic mass is 19.1. The lowest BCUT2D eigenvalue weighted by Gasteiger charge is -2.16. The molecule has 6 heteroatoms. The number of para-hydroxylation sites is 1. The Labute approximate surface area is 152 Å². The van der Waals surface area contributed by atoms with Gasteiger partial charge in [-0.05, 0) is 24.6 Å². The Bertz CT molecular complexity index is 904. The molecule has 0 aliphatic carbocycles. The molecule has 1 heterocycles. The van der Waals surface area contributed by atoms with Gasteiger partial charge in [0.25, 0.3) is 0 Å². The molecule has 0 saturated carbocycles. The Hall–Kier alpha value is -3.15. The predicted molar refractivity (Wildman–Crippen MR) is 99.8 cm³/mol. The summed E-state index contributed by atoms with van der Waals surface area (Å²) in [5.41, 5.74) is 1.92. The first kappa shape index (κ1) is 17.7. The van der Waals surface area contributed by atoms with Crippen LogP contribution in [0.1, 0.15) is 16.7 Å². The van der Waals surface area contributed by atoms with Gasteiger partial charge in [0.2, 0.25) is 0 Å². The molecule has 0 atom stereocenters. The van der Waals surface area contributed by atoms with E-state index in [1.165, 1.54) is 0 Å². The summed E-state index contributed by atoms with van der Waals surface area (Å²) in [6, 6.07) is 12.9. The van der Waals surface area contributed by atoms with Crippen molar-refractivity contribution in [2.24, 2.45) is 5.10 Å². The van der Waals surface area contributed by atoms with Crippen LogP contribution in [0.5, 0.6) is 5.75 Å². The molecule has 26 heavy (non-hydrogen) atoms. The highest BCUT2D eigenvalue weighted by Crippen LogP contribution is 2.22. The Balaban J connectivity index is 1.93. The van der Waals surface area contributed by atoms with Crippen molar-refractivity contribution in [1.82, 2.24) is 14.6 Å². The number of aromatic nitrogens is 2. The SMILES string of the molecule is Cc1cccc(COc2ccccc2/C(=N\N(C)C)n2ccnc2)c1F. The smallest absolute Gasteiger partial charge is 0.168 e. The van der Waals surface area contributed by atoms with Crippen molar-refractivity contribution in [2.45, 2.75) is 13.5 Å². The van der Waals surface area contributed by atoms with Gasteiger partial charge in [-0.2, -0.15) is 5.10 Å². The molecule has 0 aliphatic rings. The fourth-order valence-corrected chi connectivity index (χ4v) is 2.57. The molecule has 2 aromatic carbocycles. The van der Waals surface area contributed by atoms with Crippen LogP contribution in [0.4, 0.5) is 4.39 Å². The molecule has 0 bridgehead atoms. The lowest BCUT2D eigenvalue weighted by Crippen LogP contribution is -2.18. The van der Waals surface area contributed by atoms with Crippen molar-refractivity contribution >= 4 is 5.84 Å². The summed E-state index contributed by atoms with van der Waals surface area (Å²) in [6.07, 6.45) is 5.19. The summed E-state index contributed by atoms with van der Waals surface area (Å²) in [5, 5.41) is 6.27. The average Bonchev–Trinajstić information content (AvgIpc) is 3.15. The van der Waals surface area contributed by atoms with Gasteiger partial charge < -0.3 is 9.75 Å². The second kappa shape index (κ2) is 7.82. The van der Waals surface area contributed by atoms with Crippen LogP contribution in [0, 0.1) is 12.7 Å². The van der Waals surface area contributed by atoms with E-state index < -0.39 is 0 Å². The van der Waals surface area contributed by atoms with Gasteiger partial charge >= 0.3 is 0 Å². The summed E-state index contributed by atoms with van der Waals surface area (Å²) in [5.74, 6) is 1.07. The van der Waals surface area contributed by atoms with Crippen molar-refractivity contribution in [1.29, 1.82) is 0 Å². The first-order chi connectivity index (χ1) is 12.6. The van der Waals surface area contributed by atoms with Gasteiger partial charge in [-0.3, -0.25) is 4.57 Å². The third-order valence-electron chi connectivity index (χ3n) is 3.83. The number of halogens is 1. The minimum atomic E-state index is -0.234. The maximum atomic E-state index is 14.2. The number of hydrogen-bond donors (Lipinski definition) is 0. The molecule has 134 valence electrons. The second-order valence-electron chi connectivity index (χ2n) is 6.07. The number of aryl methyl sites for hydroxylation is 1. The number of benzene rings is 2. The van der Waals surface area contributed by atoms with Crippen molar-refractivity contribution in [3.63, 3.8) is 0 Å². The molecule has 0 spiro atoms. The van der Waals surface area contributed by atoms with E-state index in [-0.39, 0.29) is 12.4 Å². The number of ether oxygens (including phenoxy) is 1. The molecule has 0 amide bonds. The largest absolute Gasteiger partial charge is 0.488 e. The lowest BCUT2D eigenvalue weighted by atomic mass is 10.1. The van der Waals surface area contributed by atoms with Gasteiger partial charge in [-0.1, -0.05) is 30.3 Å². The zero-order chi connectivity index (χ0) is 18.5. The van der Waals surface area contributed by atoms with Crippen molar-refractivity contribution in [3.8, 4) is 5.75 Å². The summed E-state index contributed by atoms with van der Waals surface area (Å²) < 4.78 is 22.0. The standard InChI is InChI=1S/C20H21FN4O/c1-15-7-6-8-16(19(15)21)13-26-18-10-5-4-9-17(18)20(23-24(2)3)25-12-11-22-14-25/h4-12,14H,13H2,1-3H3/b23-20+. The van der Waals surface area contributed by atoms with Crippen LogP contribution in [-0.2, 0) is 6.61 Å². The summed E-state index contributed by atoms with van der Waals surface area (Å²) in [7, 11) is 3.70. The van der Waals surface area contributed by atoms with Crippen LogP contribution in [0.15, 0.2) is 66.3 Å². The topological polar surface area (TPSA) is 42.6 Å². The van der Waals surface area contributed by atoms with Crippen LogP contribution in [0.3, 0.4) is 0 Å². The molecule has 5 nitrogen and oxygen atoms in total. The van der Waals surface area contributed by atoms with E-state index in [9.17, 15) is 4.39 Å². The molecule has 0 fully saturated rings. The molecule has 0 saturated heterocycles. The second-order valence-corrected chi connectivity index (χ2v) is 6.07. The maximum absolute atomic E-state index is 14.2. The van der Waals surface area contributed by atoms with Gasteiger partial charge in [-0.15, -0.1) is 0 Å². The minimum Gasteiger partial charge on any atom is -0.488 e. The van der Waals surface area contributed by atoms with Crippen molar-refractivity contribution in [2.75, 3.05) is 14.1 Å². The third-order valence-corrected chi connectivity index (χ3v) is 3.83. The summed E-state index contributed by atoms with van der Waals surface area (Å²) in [4.78, 5) is 4.09. The minimum absolute atomic E-state index is 0.143. The van der Waals surface area contributed by atoms with Gasteiger partial charge in [0, 0.05) is 32.1 Å². The Kier molecular flexibility index (Phi) is 5.31. The quantitative estimate of drug-likeness (QED) is 0.400. The Morgan fingerprint density at radius 1 is 1.19 bits per heavy atom. The molecule has 0 N–H and O–H groups in total. The molecular weight excluding hydrogens is 331 g/mol. The van der Waals surface area contributed by atoms with E-state index in [1.54, 1.807) is 36.6 Å². The molecule has 3 aromatic rings. The first-order valence-corrected chi connectivity index (χ1v) is 8.26. The number of hydrazone groups is 1. The molecule has 0 aliphatic heterocycles. The molecule has 0 radical (unpaired) electrons. The normalized spacial score (nSPS) is 11.5. The monoisotopic (exact) mass is 352 g/mol. The van der Waals surface area contributed by atoms with Crippen LogP contribution in [0.2, 0.25) is 0 Å². The lowest BCUT2D eigenvalue weighted by molar-refractivity contribution is 0.298. The average molecular weight is 352 g/mol. The third kappa shape index (κ3) is 3.91. The van der Waals surface area contributed by atoms with Gasteiger partial charge in [0.15, 0.2) is 5.84 Å². The van der Waals surface area contributed by atoms with Crippen molar-refractivity contribution < 1.29 is 9.13 Å². The summed E-state index contributed by atoms with van der Waals surface area (Å²) in [6.45, 7) is 1.89. The Morgan fingerprint density at radius 3 is 2.73 bits per heavy atom. The van der Waals surface area contributed by atoms with Crippen LogP contribution in [0.25, 0.3) is 0 Å². The van der Waals surface area contributed by atoms with Crippen LogP contribution in [-0.4, -0.2) is 34.5 Å². The van der Waals surface area contributed by atoms with Crippen LogP contribution >= 0.6 is 0 Å². The predicted octanol–water partition coefficient (Wildman–Crippen LogP) is 3.68. The zero-order valence-electron chi connectivity index (χ0n) is 15.1. The molecule has 3 rings (SSSR count). The van der Waals surface area contributed by atoms with E-state index in [0.717, 1.165) is 5.56 Å². The molecule has 1 aromatic heterocycles. The maximum Gasteiger partial charge on any atom is 0.168 e. The Morgan fingerprint density at radius 2 is 2.00 bits per heavy atom. The van der Waals surface area contributed by atoms with E-state index in [2.05, 4.69) is 10.1 Å². The zero-order valence-corrected chi connectivity index (χ0v) is 15.1. The number of imidazole rings is 1. The number of nitrogens with zero attached hydrogens (tertiary/aromatic N) is 4. The van der Waals surface area contributed by atoms with Crippen molar-refractivity contribution in [3.05, 3.63) is 83.7 Å². The van der Waals surface area contributed by atoms with E-state index >= 15 is 0 Å². The number of hydrogen-bond acceptors (Lipinski definition) is 4. The van der Waals surface area contributed by atoms with Gasteiger partial charge in [0.1, 0.15) is 24.5 Å². The number of rotatable bonds is 5. The van der Waals surface area contributed by atoms with Crippen LogP contribution < -0.4 is 4.74 Å². The molecule has 0 unspecified atom stereocenters.